The van der Waals surface area contributed by atoms with Crippen LogP contribution in [-0.2, 0) is 19.6 Å². The van der Waals surface area contributed by atoms with Crippen LogP contribution < -0.4 is 5.32 Å². The zero-order valence-corrected chi connectivity index (χ0v) is 17.8. The average molecular weight is 443 g/mol. The maximum atomic E-state index is 12.3. The number of carbonyl (C=O) groups is 2. The van der Waals surface area contributed by atoms with Crippen LogP contribution in [0.4, 0.5) is 5.69 Å². The first-order valence-electron chi connectivity index (χ1n) is 7.98. The minimum atomic E-state index is -3.74. The zero-order valence-electron chi connectivity index (χ0n) is 15.4. The highest BCUT2D eigenvalue weighted by atomic mass is 35.5. The molecule has 0 radical (unpaired) electrons. The molecule has 0 aliphatic carbocycles. The lowest BCUT2D eigenvalue weighted by Gasteiger charge is -2.13. The Kier molecular flexibility index (Phi) is 7.48. The van der Waals surface area contributed by atoms with Crippen molar-refractivity contribution in [3.63, 3.8) is 0 Å². The van der Waals surface area contributed by atoms with Crippen LogP contribution in [0.5, 0.6) is 0 Å². The third-order valence-corrected chi connectivity index (χ3v) is 6.49. The minimum Gasteiger partial charge on any atom is -0.452 e. The number of anilines is 1. The molecule has 2 aromatic carbocycles. The Morgan fingerprint density at radius 2 is 1.89 bits per heavy atom. The van der Waals surface area contributed by atoms with Gasteiger partial charge in [-0.3, -0.25) is 4.79 Å². The number of nitrogens with one attached hydrogen (secondary N) is 1. The minimum absolute atomic E-state index is 0.0239. The number of benzene rings is 2. The lowest BCUT2D eigenvalue weighted by atomic mass is 10.2. The molecule has 150 valence electrons. The molecule has 0 atom stereocenters. The normalized spacial score (nSPS) is 11.3. The number of halogens is 1. The van der Waals surface area contributed by atoms with Crippen molar-refractivity contribution in [1.82, 2.24) is 4.31 Å². The van der Waals surface area contributed by atoms with Crippen LogP contribution in [0.1, 0.15) is 10.4 Å². The van der Waals surface area contributed by atoms with E-state index in [0.717, 1.165) is 15.3 Å². The molecule has 0 saturated heterocycles. The largest absolute Gasteiger partial charge is 0.452 e. The number of sulfonamides is 1. The number of hydrogen-bond acceptors (Lipinski definition) is 6. The van der Waals surface area contributed by atoms with Gasteiger partial charge in [0.25, 0.3) is 5.91 Å². The highest BCUT2D eigenvalue weighted by Gasteiger charge is 2.22. The van der Waals surface area contributed by atoms with Gasteiger partial charge in [-0.1, -0.05) is 17.7 Å². The van der Waals surface area contributed by atoms with E-state index in [2.05, 4.69) is 5.32 Å². The van der Waals surface area contributed by atoms with Crippen LogP contribution in [0, 0.1) is 0 Å². The summed E-state index contributed by atoms with van der Waals surface area (Å²) in [5.74, 6) is -1.42. The van der Waals surface area contributed by atoms with Crippen molar-refractivity contribution >= 4 is 50.9 Å². The molecular weight excluding hydrogens is 424 g/mol. The van der Waals surface area contributed by atoms with Crippen LogP contribution in [0.3, 0.4) is 0 Å². The number of nitrogens with zero attached hydrogens (tertiary/aromatic N) is 1. The van der Waals surface area contributed by atoms with Gasteiger partial charge in [0.15, 0.2) is 6.61 Å². The molecule has 1 N–H and O–H groups in total. The van der Waals surface area contributed by atoms with Gasteiger partial charge in [0.1, 0.15) is 0 Å². The van der Waals surface area contributed by atoms with Crippen molar-refractivity contribution in [3.05, 3.63) is 53.1 Å². The third kappa shape index (κ3) is 5.48. The molecule has 2 rings (SSSR count). The highest BCUT2D eigenvalue weighted by Crippen LogP contribution is 2.23. The fourth-order valence-corrected chi connectivity index (χ4v) is 3.72. The SMILES string of the molecule is CSc1cccc(NC(=O)COC(=O)c2cc(S(=O)(=O)N(C)C)ccc2Cl)c1. The fourth-order valence-electron chi connectivity index (χ4n) is 2.14. The zero-order chi connectivity index (χ0) is 20.9. The van der Waals surface area contributed by atoms with E-state index in [4.69, 9.17) is 16.3 Å². The summed E-state index contributed by atoms with van der Waals surface area (Å²) in [6.45, 7) is -0.538. The van der Waals surface area contributed by atoms with Crippen molar-refractivity contribution in [1.29, 1.82) is 0 Å². The Balaban J connectivity index is 2.07. The molecule has 0 aliphatic rings. The second-order valence-corrected chi connectivity index (χ2v) is 9.22. The van der Waals surface area contributed by atoms with Crippen LogP contribution in [-0.4, -0.2) is 51.6 Å². The van der Waals surface area contributed by atoms with E-state index < -0.39 is 28.5 Å². The fraction of sp³-hybridized carbons (Fsp3) is 0.222. The van der Waals surface area contributed by atoms with Gasteiger partial charge in [0.05, 0.1) is 15.5 Å². The van der Waals surface area contributed by atoms with Crippen molar-refractivity contribution < 1.29 is 22.7 Å². The van der Waals surface area contributed by atoms with E-state index in [1.54, 1.807) is 18.2 Å². The lowest BCUT2D eigenvalue weighted by molar-refractivity contribution is -0.119. The van der Waals surface area contributed by atoms with Gasteiger partial charge in [-0.25, -0.2) is 17.5 Å². The Hall–Kier alpha value is -2.07. The number of esters is 1. The molecule has 2 aromatic rings. The summed E-state index contributed by atoms with van der Waals surface area (Å²) in [5, 5.41) is 2.65. The van der Waals surface area contributed by atoms with Crippen LogP contribution >= 0.6 is 23.4 Å². The van der Waals surface area contributed by atoms with Crippen molar-refractivity contribution in [2.75, 3.05) is 32.3 Å². The van der Waals surface area contributed by atoms with E-state index in [1.807, 2.05) is 12.3 Å². The topological polar surface area (TPSA) is 92.8 Å². The Morgan fingerprint density at radius 3 is 2.54 bits per heavy atom. The number of hydrogen-bond donors (Lipinski definition) is 1. The summed E-state index contributed by atoms with van der Waals surface area (Å²) < 4.78 is 30.4. The molecule has 28 heavy (non-hydrogen) atoms. The molecule has 0 bridgehead atoms. The van der Waals surface area contributed by atoms with Crippen LogP contribution in [0.15, 0.2) is 52.3 Å². The van der Waals surface area contributed by atoms with Crippen molar-refractivity contribution in [3.8, 4) is 0 Å². The first kappa shape index (κ1) is 22.2. The van der Waals surface area contributed by atoms with E-state index in [1.165, 1.54) is 38.0 Å². The van der Waals surface area contributed by atoms with Gasteiger partial charge in [-0.15, -0.1) is 11.8 Å². The molecular formula is C18H19ClN2O5S2. The summed E-state index contributed by atoms with van der Waals surface area (Å²) in [7, 11) is -0.996. The van der Waals surface area contributed by atoms with Gasteiger partial charge in [0.2, 0.25) is 10.0 Å². The smallest absolute Gasteiger partial charge is 0.340 e. The maximum absolute atomic E-state index is 12.3. The van der Waals surface area contributed by atoms with Gasteiger partial charge in [-0.2, -0.15) is 0 Å². The molecule has 0 spiro atoms. The standard InChI is InChI=1S/C18H19ClN2O5S2/c1-21(2)28(24,25)14-7-8-16(19)15(10-14)18(23)26-11-17(22)20-12-5-4-6-13(9-12)27-3/h4-10H,11H2,1-3H3,(H,20,22). The average Bonchev–Trinajstić information content (AvgIpc) is 2.66. The summed E-state index contributed by atoms with van der Waals surface area (Å²) >= 11 is 7.52. The summed E-state index contributed by atoms with van der Waals surface area (Å²) in [6, 6.07) is 10.9. The predicted octanol–water partition coefficient (Wildman–Crippen LogP) is 3.11. The summed E-state index contributed by atoms with van der Waals surface area (Å²) in [6.07, 6.45) is 1.91. The lowest BCUT2D eigenvalue weighted by Crippen LogP contribution is -2.23. The molecule has 0 fully saturated rings. The van der Waals surface area contributed by atoms with Crippen molar-refractivity contribution in [2.24, 2.45) is 0 Å². The molecule has 0 aromatic heterocycles. The molecule has 0 unspecified atom stereocenters. The second kappa shape index (κ2) is 9.42. The van der Waals surface area contributed by atoms with E-state index in [-0.39, 0.29) is 15.5 Å². The number of rotatable bonds is 7. The van der Waals surface area contributed by atoms with Gasteiger partial charge in [-0.05, 0) is 42.7 Å². The van der Waals surface area contributed by atoms with Gasteiger partial charge >= 0.3 is 5.97 Å². The number of amides is 1. The second-order valence-electron chi connectivity index (χ2n) is 5.79. The number of carbonyl (C=O) groups excluding carboxylic acids is 2. The quantitative estimate of drug-likeness (QED) is 0.523. The number of thioether (sulfide) groups is 1. The van der Waals surface area contributed by atoms with E-state index >= 15 is 0 Å². The number of ether oxygens (including phenoxy) is 1. The molecule has 7 nitrogen and oxygen atoms in total. The van der Waals surface area contributed by atoms with Gasteiger partial charge < -0.3 is 10.1 Å². The molecule has 0 saturated carbocycles. The first-order chi connectivity index (χ1) is 13.1. The predicted molar refractivity (Wildman–Crippen MR) is 109 cm³/mol. The van der Waals surface area contributed by atoms with Gasteiger partial charge in [0, 0.05) is 24.7 Å². The third-order valence-electron chi connectivity index (χ3n) is 3.62. The van der Waals surface area contributed by atoms with E-state index in [0.29, 0.717) is 5.69 Å². The Bertz CT molecular complexity index is 993. The summed E-state index contributed by atoms with van der Waals surface area (Å²) in [4.78, 5) is 25.2. The maximum Gasteiger partial charge on any atom is 0.340 e. The molecule has 0 aliphatic heterocycles. The molecule has 10 heteroatoms. The molecule has 1 amide bonds. The highest BCUT2D eigenvalue weighted by molar-refractivity contribution is 7.98. The van der Waals surface area contributed by atoms with E-state index in [9.17, 15) is 18.0 Å². The van der Waals surface area contributed by atoms with Crippen LogP contribution in [0.25, 0.3) is 0 Å². The molecule has 0 heterocycles. The Morgan fingerprint density at radius 1 is 1.18 bits per heavy atom. The summed E-state index contributed by atoms with van der Waals surface area (Å²) in [5.41, 5.74) is 0.437. The monoisotopic (exact) mass is 442 g/mol. The first-order valence-corrected chi connectivity index (χ1v) is 11.0. The Labute approximate surface area is 173 Å². The van der Waals surface area contributed by atoms with Crippen molar-refractivity contribution in [2.45, 2.75) is 9.79 Å². The van der Waals surface area contributed by atoms with Crippen LogP contribution in [0.2, 0.25) is 5.02 Å².